The topological polar surface area (TPSA) is 46.9 Å². The molecule has 0 radical (unpaired) electrons. The van der Waals surface area contributed by atoms with Crippen molar-refractivity contribution in [2.75, 3.05) is 5.32 Å². The lowest BCUT2D eigenvalue weighted by molar-refractivity contribution is -0.120. The third kappa shape index (κ3) is 4.15. The summed E-state index contributed by atoms with van der Waals surface area (Å²) < 4.78 is 2.57. The lowest BCUT2D eigenvalue weighted by Gasteiger charge is -2.20. The average Bonchev–Trinajstić information content (AvgIpc) is 2.90. The van der Waals surface area contributed by atoms with Crippen LogP contribution in [0.25, 0.3) is 0 Å². The molecular weight excluding hydrogens is 378 g/mol. The number of hydrogen-bond acceptors (Lipinski definition) is 2. The van der Waals surface area contributed by atoms with Gasteiger partial charge in [-0.3, -0.25) is 9.48 Å². The van der Waals surface area contributed by atoms with Crippen LogP contribution < -0.4 is 5.32 Å². The zero-order valence-electron chi connectivity index (χ0n) is 12.8. The monoisotopic (exact) mass is 395 g/mol. The van der Waals surface area contributed by atoms with Crippen molar-refractivity contribution < 1.29 is 4.79 Å². The summed E-state index contributed by atoms with van der Waals surface area (Å²) in [6.45, 7) is 0.567. The van der Waals surface area contributed by atoms with Crippen LogP contribution in [0.2, 0.25) is 5.02 Å². The van der Waals surface area contributed by atoms with Gasteiger partial charge in [0.15, 0.2) is 5.82 Å². The number of anilines is 1. The molecule has 1 saturated carbocycles. The van der Waals surface area contributed by atoms with E-state index in [1.165, 1.54) is 6.42 Å². The molecule has 1 N–H and O–H groups in total. The molecule has 1 amide bonds. The number of carbonyl (C=O) groups is 1. The van der Waals surface area contributed by atoms with Gasteiger partial charge in [-0.05, 0) is 40.4 Å². The van der Waals surface area contributed by atoms with Crippen LogP contribution in [0.1, 0.15) is 37.7 Å². The first-order valence-electron chi connectivity index (χ1n) is 7.90. The Kier molecular flexibility index (Phi) is 5.38. The molecule has 3 rings (SSSR count). The van der Waals surface area contributed by atoms with Crippen LogP contribution in [0.15, 0.2) is 34.9 Å². The number of nitrogens with zero attached hydrogens (tertiary/aromatic N) is 2. The summed E-state index contributed by atoms with van der Waals surface area (Å²) in [6.07, 6.45) is 7.33. The molecule has 23 heavy (non-hydrogen) atoms. The maximum Gasteiger partial charge on any atom is 0.228 e. The molecule has 1 fully saturated rings. The van der Waals surface area contributed by atoms with E-state index in [-0.39, 0.29) is 11.8 Å². The second kappa shape index (κ2) is 7.49. The number of nitrogens with one attached hydrogen (secondary N) is 1. The zero-order valence-corrected chi connectivity index (χ0v) is 15.1. The summed E-state index contributed by atoms with van der Waals surface area (Å²) in [4.78, 5) is 12.3. The Morgan fingerprint density at radius 1 is 1.30 bits per heavy atom. The molecule has 1 heterocycles. The van der Waals surface area contributed by atoms with Gasteiger partial charge < -0.3 is 5.32 Å². The number of benzene rings is 1. The maximum absolute atomic E-state index is 12.3. The zero-order chi connectivity index (χ0) is 16.2. The highest BCUT2D eigenvalue weighted by molar-refractivity contribution is 9.10. The molecule has 0 bridgehead atoms. The number of carbonyl (C=O) groups excluding carboxylic acids is 1. The third-order valence-corrected chi connectivity index (χ3v) is 5.17. The molecule has 1 aromatic carbocycles. The van der Waals surface area contributed by atoms with E-state index in [0.29, 0.717) is 17.4 Å². The largest absolute Gasteiger partial charge is 0.308 e. The van der Waals surface area contributed by atoms with Crippen LogP contribution in [0.5, 0.6) is 0 Å². The number of rotatable bonds is 4. The second-order valence-electron chi connectivity index (χ2n) is 5.94. The summed E-state index contributed by atoms with van der Waals surface area (Å²) in [5, 5.41) is 8.12. The van der Waals surface area contributed by atoms with E-state index in [1.807, 2.05) is 30.5 Å². The van der Waals surface area contributed by atoms with Crippen molar-refractivity contribution in [3.8, 4) is 0 Å². The lowest BCUT2D eigenvalue weighted by Crippen LogP contribution is -2.25. The van der Waals surface area contributed by atoms with E-state index < -0.39 is 0 Å². The average molecular weight is 397 g/mol. The molecule has 1 aromatic heterocycles. The normalized spacial score (nSPS) is 15.6. The molecule has 0 unspecified atom stereocenters. The number of hydrogen-bond donors (Lipinski definition) is 1. The minimum atomic E-state index is 0.0772. The van der Waals surface area contributed by atoms with Gasteiger partial charge in [-0.1, -0.05) is 49.1 Å². The molecule has 2 aromatic rings. The van der Waals surface area contributed by atoms with Gasteiger partial charge >= 0.3 is 0 Å². The first-order chi connectivity index (χ1) is 11.1. The van der Waals surface area contributed by atoms with Gasteiger partial charge in [0.05, 0.1) is 11.0 Å². The summed E-state index contributed by atoms with van der Waals surface area (Å²) in [5.41, 5.74) is 0.995. The summed E-state index contributed by atoms with van der Waals surface area (Å²) >= 11 is 9.65. The van der Waals surface area contributed by atoms with Crippen LogP contribution in [-0.4, -0.2) is 15.7 Å². The van der Waals surface area contributed by atoms with Crippen molar-refractivity contribution in [3.05, 3.63) is 45.5 Å². The first-order valence-corrected chi connectivity index (χ1v) is 9.08. The van der Waals surface area contributed by atoms with Crippen molar-refractivity contribution in [2.24, 2.45) is 5.92 Å². The van der Waals surface area contributed by atoms with Crippen LogP contribution in [0, 0.1) is 5.92 Å². The van der Waals surface area contributed by atoms with Gasteiger partial charge in [0.25, 0.3) is 0 Å². The van der Waals surface area contributed by atoms with E-state index in [0.717, 1.165) is 35.7 Å². The van der Waals surface area contributed by atoms with Crippen molar-refractivity contribution in [1.82, 2.24) is 9.78 Å². The van der Waals surface area contributed by atoms with Crippen LogP contribution >= 0.6 is 27.5 Å². The van der Waals surface area contributed by atoms with Crippen molar-refractivity contribution >= 4 is 39.3 Å². The van der Waals surface area contributed by atoms with Crippen molar-refractivity contribution in [2.45, 2.75) is 38.6 Å². The van der Waals surface area contributed by atoms with E-state index in [2.05, 4.69) is 26.3 Å². The summed E-state index contributed by atoms with van der Waals surface area (Å²) in [6, 6.07) is 7.69. The van der Waals surface area contributed by atoms with Gasteiger partial charge in [-0.25, -0.2) is 0 Å². The standard InChI is InChI=1S/C17H19BrClN3O/c18-14-11-22(10-13-8-4-5-9-15(13)19)21-16(14)20-17(23)12-6-2-1-3-7-12/h4-5,8-9,11-12H,1-3,6-7,10H2,(H,20,21,23). The minimum Gasteiger partial charge on any atom is -0.308 e. The fourth-order valence-corrected chi connectivity index (χ4v) is 3.56. The smallest absolute Gasteiger partial charge is 0.228 e. The molecule has 1 aliphatic rings. The molecule has 0 aliphatic heterocycles. The highest BCUT2D eigenvalue weighted by atomic mass is 79.9. The van der Waals surface area contributed by atoms with Crippen molar-refractivity contribution in [3.63, 3.8) is 0 Å². The molecule has 0 spiro atoms. The third-order valence-electron chi connectivity index (χ3n) is 4.22. The number of aromatic nitrogens is 2. The highest BCUT2D eigenvalue weighted by Gasteiger charge is 2.22. The fraction of sp³-hybridized carbons (Fsp3) is 0.412. The van der Waals surface area contributed by atoms with Gasteiger partial charge in [0.2, 0.25) is 5.91 Å². The van der Waals surface area contributed by atoms with Gasteiger partial charge in [-0.2, -0.15) is 5.10 Å². The van der Waals surface area contributed by atoms with Crippen LogP contribution in [0.4, 0.5) is 5.82 Å². The fourth-order valence-electron chi connectivity index (χ4n) is 2.95. The maximum atomic E-state index is 12.3. The van der Waals surface area contributed by atoms with Crippen molar-refractivity contribution in [1.29, 1.82) is 0 Å². The van der Waals surface area contributed by atoms with E-state index in [9.17, 15) is 4.79 Å². The number of amides is 1. The van der Waals surface area contributed by atoms with E-state index in [4.69, 9.17) is 11.6 Å². The predicted octanol–water partition coefficient (Wildman–Crippen LogP) is 4.87. The van der Waals surface area contributed by atoms with Gasteiger partial charge in [0, 0.05) is 17.1 Å². The SMILES string of the molecule is O=C(Nc1nn(Cc2ccccc2Cl)cc1Br)C1CCCCC1. The Morgan fingerprint density at radius 3 is 2.78 bits per heavy atom. The van der Waals surface area contributed by atoms with E-state index >= 15 is 0 Å². The lowest BCUT2D eigenvalue weighted by atomic mass is 9.89. The Morgan fingerprint density at radius 2 is 2.04 bits per heavy atom. The highest BCUT2D eigenvalue weighted by Crippen LogP contribution is 2.27. The van der Waals surface area contributed by atoms with Gasteiger partial charge in [-0.15, -0.1) is 0 Å². The van der Waals surface area contributed by atoms with Crippen LogP contribution in [0.3, 0.4) is 0 Å². The summed E-state index contributed by atoms with van der Waals surface area (Å²) in [5.74, 6) is 0.769. The number of halogens is 2. The van der Waals surface area contributed by atoms with Crippen LogP contribution in [-0.2, 0) is 11.3 Å². The van der Waals surface area contributed by atoms with Gasteiger partial charge in [0.1, 0.15) is 0 Å². The Labute approximate surface area is 149 Å². The molecule has 0 saturated heterocycles. The molecule has 6 heteroatoms. The molecular formula is C17H19BrClN3O. The Balaban J connectivity index is 1.68. The molecule has 1 aliphatic carbocycles. The summed E-state index contributed by atoms with van der Waals surface area (Å²) in [7, 11) is 0. The predicted molar refractivity (Wildman–Crippen MR) is 95.7 cm³/mol. The Bertz CT molecular complexity index is 695. The first kappa shape index (κ1) is 16.5. The van der Waals surface area contributed by atoms with E-state index in [1.54, 1.807) is 4.68 Å². The Hall–Kier alpha value is -1.33. The molecule has 0 atom stereocenters. The molecule has 122 valence electrons. The molecule has 4 nitrogen and oxygen atoms in total. The second-order valence-corrected chi connectivity index (χ2v) is 7.20. The minimum absolute atomic E-state index is 0.0772. The quantitative estimate of drug-likeness (QED) is 0.801.